The summed E-state index contributed by atoms with van der Waals surface area (Å²) in [5.41, 5.74) is 1.22. The van der Waals surface area contributed by atoms with Crippen LogP contribution < -0.4 is 5.01 Å². The van der Waals surface area contributed by atoms with E-state index in [0.29, 0.717) is 22.4 Å². The quantitative estimate of drug-likeness (QED) is 0.236. The summed E-state index contributed by atoms with van der Waals surface area (Å²) in [5, 5.41) is 3.42. The highest BCUT2D eigenvalue weighted by molar-refractivity contribution is 6.77. The standard InChI is InChI=1S/C25H40Cl3N3O3Si/c1-16(2)21-14-22(34-35(17(3)4,18(5)6)19(7)8)20(9)30(23-12-10-11-13-29-23)31(21)24(32)33-15-25(26,27)28/h10-14,16-21H,15H2,1-9H3/t20-,21-/m0/s1. The number of pyridine rings is 1. The van der Waals surface area contributed by atoms with Crippen molar-refractivity contribution in [2.24, 2.45) is 5.92 Å². The second-order valence-corrected chi connectivity index (χ2v) is 18.3. The predicted octanol–water partition coefficient (Wildman–Crippen LogP) is 8.11. The second-order valence-electron chi connectivity index (χ2n) is 10.4. The molecule has 0 fully saturated rings. The first-order chi connectivity index (χ1) is 16.1. The molecule has 0 aromatic carbocycles. The Kier molecular flexibility index (Phi) is 10.2. The third-order valence-electron chi connectivity index (χ3n) is 6.74. The summed E-state index contributed by atoms with van der Waals surface area (Å²) in [5.74, 6) is 1.53. The van der Waals surface area contributed by atoms with E-state index in [0.717, 1.165) is 5.76 Å². The number of alkyl halides is 3. The normalized spacial score (nSPS) is 19.6. The minimum atomic E-state index is -2.24. The minimum absolute atomic E-state index is 0.0563. The maximum Gasteiger partial charge on any atom is 0.429 e. The van der Waals surface area contributed by atoms with Crippen molar-refractivity contribution in [1.29, 1.82) is 0 Å². The van der Waals surface area contributed by atoms with Crippen LogP contribution in [-0.2, 0) is 9.16 Å². The van der Waals surface area contributed by atoms with Gasteiger partial charge in [0.05, 0.1) is 6.04 Å². The fourth-order valence-corrected chi connectivity index (χ4v) is 10.7. The Balaban J connectivity index is 2.64. The number of anilines is 1. The average molecular weight is 565 g/mol. The van der Waals surface area contributed by atoms with Crippen molar-refractivity contribution < 1.29 is 14.0 Å². The van der Waals surface area contributed by atoms with Crippen molar-refractivity contribution in [3.63, 3.8) is 0 Å². The van der Waals surface area contributed by atoms with Crippen molar-refractivity contribution >= 4 is 55.0 Å². The largest absolute Gasteiger partial charge is 0.544 e. The molecule has 0 spiro atoms. The van der Waals surface area contributed by atoms with E-state index in [4.69, 9.17) is 44.0 Å². The number of nitrogens with zero attached hydrogens (tertiary/aromatic N) is 3. The van der Waals surface area contributed by atoms with Gasteiger partial charge in [0.25, 0.3) is 8.32 Å². The lowest BCUT2D eigenvalue weighted by Gasteiger charge is -2.50. The molecule has 0 aliphatic carbocycles. The molecule has 35 heavy (non-hydrogen) atoms. The number of ether oxygens (including phenoxy) is 1. The Hall–Kier alpha value is -1.15. The van der Waals surface area contributed by atoms with E-state index in [1.807, 2.05) is 30.1 Å². The fraction of sp³-hybridized carbons (Fsp3) is 0.680. The van der Waals surface area contributed by atoms with Crippen LogP contribution in [0.15, 0.2) is 36.2 Å². The topological polar surface area (TPSA) is 54.9 Å². The maximum atomic E-state index is 13.4. The summed E-state index contributed by atoms with van der Waals surface area (Å²) in [6, 6.07) is 4.95. The Morgan fingerprint density at radius 1 is 1.06 bits per heavy atom. The van der Waals surface area contributed by atoms with Crippen LogP contribution in [0.25, 0.3) is 0 Å². The van der Waals surface area contributed by atoms with Gasteiger partial charge in [-0.25, -0.2) is 14.8 Å². The monoisotopic (exact) mass is 563 g/mol. The fourth-order valence-electron chi connectivity index (χ4n) is 5.20. The van der Waals surface area contributed by atoms with Gasteiger partial charge in [0.1, 0.15) is 24.2 Å². The Labute approximate surface area is 227 Å². The van der Waals surface area contributed by atoms with Gasteiger partial charge in [-0.05, 0) is 47.7 Å². The van der Waals surface area contributed by atoms with Crippen molar-refractivity contribution in [2.45, 2.75) is 94.8 Å². The Morgan fingerprint density at radius 3 is 2.06 bits per heavy atom. The SMILES string of the molecule is CC(C)[C@@H]1C=C(O[Si](C(C)C)(C(C)C)C(C)C)[C@H](C)N(c2ccccn2)N1C(=O)OCC(Cl)(Cl)Cl. The minimum Gasteiger partial charge on any atom is -0.544 e. The molecule has 1 aliphatic heterocycles. The molecule has 10 heteroatoms. The van der Waals surface area contributed by atoms with Gasteiger partial charge in [-0.15, -0.1) is 0 Å². The van der Waals surface area contributed by atoms with E-state index in [9.17, 15) is 4.79 Å². The van der Waals surface area contributed by atoms with Crippen LogP contribution >= 0.6 is 34.8 Å². The molecular formula is C25H40Cl3N3O3Si. The molecule has 1 aromatic rings. The molecule has 0 bridgehead atoms. The summed E-state index contributed by atoms with van der Waals surface area (Å²) < 4.78 is 10.9. The van der Waals surface area contributed by atoms with E-state index < -0.39 is 18.2 Å². The number of halogens is 3. The van der Waals surface area contributed by atoms with Gasteiger partial charge < -0.3 is 9.16 Å². The lowest BCUT2D eigenvalue weighted by atomic mass is 9.99. The first-order valence-corrected chi connectivity index (χ1v) is 15.5. The van der Waals surface area contributed by atoms with Crippen molar-refractivity contribution in [3.05, 3.63) is 36.2 Å². The van der Waals surface area contributed by atoms with Gasteiger partial charge in [-0.3, -0.25) is 5.01 Å². The van der Waals surface area contributed by atoms with Gasteiger partial charge in [0, 0.05) is 6.20 Å². The molecule has 0 N–H and O–H groups in total. The van der Waals surface area contributed by atoms with E-state index in [1.54, 1.807) is 11.2 Å². The van der Waals surface area contributed by atoms with Crippen molar-refractivity contribution in [2.75, 3.05) is 11.6 Å². The molecule has 1 aromatic heterocycles. The lowest BCUT2D eigenvalue weighted by Crippen LogP contribution is -2.62. The first-order valence-electron chi connectivity index (χ1n) is 12.3. The van der Waals surface area contributed by atoms with E-state index in [-0.39, 0.29) is 24.6 Å². The number of rotatable bonds is 8. The summed E-state index contributed by atoms with van der Waals surface area (Å²) in [4.78, 5) is 18.0. The molecule has 0 unspecified atom stereocenters. The van der Waals surface area contributed by atoms with E-state index in [2.05, 4.69) is 66.4 Å². The molecule has 2 rings (SSSR count). The molecule has 1 amide bonds. The van der Waals surface area contributed by atoms with Crippen LogP contribution in [0.5, 0.6) is 0 Å². The molecule has 2 heterocycles. The van der Waals surface area contributed by atoms with Gasteiger partial charge in [-0.1, -0.05) is 96.3 Å². The van der Waals surface area contributed by atoms with Crippen LogP contribution in [0.4, 0.5) is 10.6 Å². The number of amides is 1. The molecule has 1 aliphatic rings. The third kappa shape index (κ3) is 6.79. The molecule has 0 saturated carbocycles. The van der Waals surface area contributed by atoms with Crippen LogP contribution in [0.1, 0.15) is 62.3 Å². The Morgan fingerprint density at radius 2 is 1.63 bits per heavy atom. The summed E-state index contributed by atoms with van der Waals surface area (Å²) in [7, 11) is -2.24. The smallest absolute Gasteiger partial charge is 0.429 e. The van der Waals surface area contributed by atoms with Crippen LogP contribution in [-0.4, -0.2) is 46.9 Å². The number of hydrazine groups is 1. The number of hydrogen-bond acceptors (Lipinski definition) is 5. The maximum absolute atomic E-state index is 13.4. The van der Waals surface area contributed by atoms with Gasteiger partial charge in [0.15, 0.2) is 0 Å². The van der Waals surface area contributed by atoms with Crippen LogP contribution in [0.2, 0.25) is 16.6 Å². The first kappa shape index (κ1) is 30.1. The highest BCUT2D eigenvalue weighted by Crippen LogP contribution is 2.45. The van der Waals surface area contributed by atoms with E-state index in [1.165, 1.54) is 0 Å². The summed E-state index contributed by atoms with van der Waals surface area (Å²) >= 11 is 17.6. The van der Waals surface area contributed by atoms with Crippen LogP contribution in [0.3, 0.4) is 0 Å². The molecule has 2 atom stereocenters. The molecule has 0 saturated heterocycles. The zero-order valence-corrected chi connectivity index (χ0v) is 25.5. The predicted molar refractivity (Wildman–Crippen MR) is 148 cm³/mol. The Bertz CT molecular complexity index is 854. The van der Waals surface area contributed by atoms with Gasteiger partial charge in [-0.2, -0.15) is 0 Å². The number of carbonyl (C=O) groups is 1. The molecule has 6 nitrogen and oxygen atoms in total. The third-order valence-corrected chi connectivity index (χ3v) is 13.1. The number of hydrogen-bond donors (Lipinski definition) is 0. The molecule has 198 valence electrons. The van der Waals surface area contributed by atoms with Gasteiger partial charge in [0.2, 0.25) is 3.79 Å². The zero-order valence-electron chi connectivity index (χ0n) is 22.3. The average Bonchev–Trinajstić information content (AvgIpc) is 2.75. The van der Waals surface area contributed by atoms with Crippen molar-refractivity contribution in [1.82, 2.24) is 9.99 Å². The molecule has 0 radical (unpaired) electrons. The van der Waals surface area contributed by atoms with Gasteiger partial charge >= 0.3 is 6.09 Å². The van der Waals surface area contributed by atoms with Crippen molar-refractivity contribution in [3.8, 4) is 0 Å². The summed E-state index contributed by atoms with van der Waals surface area (Å²) in [6.07, 6.45) is 3.16. The van der Waals surface area contributed by atoms with E-state index >= 15 is 0 Å². The van der Waals surface area contributed by atoms with Crippen LogP contribution in [0, 0.1) is 5.92 Å². The second kappa shape index (κ2) is 11.9. The summed E-state index contributed by atoms with van der Waals surface area (Å²) in [6.45, 7) is 19.3. The molecular weight excluding hydrogens is 525 g/mol. The number of carbonyl (C=O) groups excluding carboxylic acids is 1. The highest BCUT2D eigenvalue weighted by Gasteiger charge is 2.50. The lowest BCUT2D eigenvalue weighted by molar-refractivity contribution is 0.0686. The number of aromatic nitrogens is 1. The zero-order chi connectivity index (χ0) is 26.7. The highest BCUT2D eigenvalue weighted by atomic mass is 35.6.